The summed E-state index contributed by atoms with van der Waals surface area (Å²) in [7, 11) is 2.10. The van der Waals surface area contributed by atoms with Crippen LogP contribution in [0, 0.1) is 5.92 Å². The Balaban J connectivity index is 1.64. The second kappa shape index (κ2) is 5.43. The van der Waals surface area contributed by atoms with Gasteiger partial charge in [-0.25, -0.2) is 0 Å². The molecule has 0 saturated carbocycles. The molecule has 2 fully saturated rings. The van der Waals surface area contributed by atoms with Crippen molar-refractivity contribution in [2.45, 2.75) is 25.3 Å². The van der Waals surface area contributed by atoms with Crippen LogP contribution in [0.2, 0.25) is 0 Å². The molecule has 0 bridgehead atoms. The molecular weight excluding hydrogens is 264 g/mol. The molecule has 2 aliphatic heterocycles. The first-order chi connectivity index (χ1) is 10.1. The number of carbonyl (C=O) groups excluding carboxylic acids is 1. The minimum Gasteiger partial charge on any atom is -0.396 e. The van der Waals surface area contributed by atoms with E-state index in [4.69, 9.17) is 0 Å². The van der Waals surface area contributed by atoms with E-state index < -0.39 is 0 Å². The van der Waals surface area contributed by atoms with E-state index in [1.807, 2.05) is 29.2 Å². The first-order valence-corrected chi connectivity index (χ1v) is 7.78. The van der Waals surface area contributed by atoms with E-state index in [1.54, 1.807) is 0 Å². The number of likely N-dealkylation sites (tertiary alicyclic amines) is 2. The molecule has 1 spiro atoms. The third-order valence-corrected chi connectivity index (χ3v) is 5.14. The number of carbonyl (C=O) groups is 1. The molecule has 2 saturated heterocycles. The molecule has 1 N–H and O–H groups in total. The van der Waals surface area contributed by atoms with Crippen molar-refractivity contribution >= 4 is 5.91 Å². The molecule has 114 valence electrons. The van der Waals surface area contributed by atoms with Crippen LogP contribution in [0.15, 0.2) is 24.3 Å². The first-order valence-electron chi connectivity index (χ1n) is 7.78. The molecular formula is C17H24N2O2. The smallest absolute Gasteiger partial charge is 0.253 e. The number of benzene rings is 1. The second-order valence-electron chi connectivity index (χ2n) is 6.57. The van der Waals surface area contributed by atoms with Crippen LogP contribution in [0.25, 0.3) is 0 Å². The number of aryl methyl sites for hydroxylation is 1. The molecule has 4 nitrogen and oxygen atoms in total. The summed E-state index contributed by atoms with van der Waals surface area (Å²) in [5.41, 5.74) is 2.14. The lowest BCUT2D eigenvalue weighted by molar-refractivity contribution is -0.00774. The first kappa shape index (κ1) is 14.5. The molecule has 21 heavy (non-hydrogen) atoms. The highest BCUT2D eigenvalue weighted by atomic mass is 16.3. The molecule has 1 aromatic carbocycles. The summed E-state index contributed by atoms with van der Waals surface area (Å²) in [5.74, 6) is 0.486. The van der Waals surface area contributed by atoms with Crippen LogP contribution in [0.5, 0.6) is 0 Å². The van der Waals surface area contributed by atoms with Crippen LogP contribution in [0.1, 0.15) is 29.3 Å². The van der Waals surface area contributed by atoms with Gasteiger partial charge in [0.25, 0.3) is 5.91 Å². The summed E-state index contributed by atoms with van der Waals surface area (Å²) in [6, 6.07) is 7.93. The largest absolute Gasteiger partial charge is 0.396 e. The Morgan fingerprint density at radius 2 is 2.00 bits per heavy atom. The Kier molecular flexibility index (Phi) is 3.76. The summed E-state index contributed by atoms with van der Waals surface area (Å²) >= 11 is 0. The van der Waals surface area contributed by atoms with Crippen molar-refractivity contribution < 1.29 is 9.90 Å². The van der Waals surface area contributed by atoms with Crippen LogP contribution >= 0.6 is 0 Å². The summed E-state index contributed by atoms with van der Waals surface area (Å²) < 4.78 is 0. The third-order valence-electron chi connectivity index (χ3n) is 5.14. The predicted octanol–water partition coefficient (Wildman–Crippen LogP) is 1.39. The normalized spacial score (nSPS) is 24.3. The van der Waals surface area contributed by atoms with Crippen LogP contribution in [-0.2, 0) is 6.42 Å². The third kappa shape index (κ3) is 2.47. The van der Waals surface area contributed by atoms with Crippen molar-refractivity contribution in [2.24, 2.45) is 5.92 Å². The number of aliphatic hydroxyl groups is 1. The SMILES string of the molecule is CCc1ccc(C(=O)N2CC3(CC(CO)CN3C)C2)cc1. The lowest BCUT2D eigenvalue weighted by atomic mass is 9.84. The van der Waals surface area contributed by atoms with Gasteiger partial charge < -0.3 is 10.0 Å². The Morgan fingerprint density at radius 1 is 1.33 bits per heavy atom. The lowest BCUT2D eigenvalue weighted by Crippen LogP contribution is -2.68. The van der Waals surface area contributed by atoms with Crippen LogP contribution in [0.3, 0.4) is 0 Å². The molecule has 3 rings (SSSR count). The molecule has 2 aliphatic rings. The molecule has 1 amide bonds. The number of amides is 1. The lowest BCUT2D eigenvalue weighted by Gasteiger charge is -2.52. The van der Waals surface area contributed by atoms with Crippen LogP contribution in [-0.4, -0.2) is 59.6 Å². The van der Waals surface area contributed by atoms with Gasteiger partial charge in [0, 0.05) is 31.8 Å². The van der Waals surface area contributed by atoms with Crippen molar-refractivity contribution in [1.29, 1.82) is 0 Å². The number of likely N-dealkylation sites (N-methyl/N-ethyl adjacent to an activating group) is 1. The monoisotopic (exact) mass is 288 g/mol. The molecule has 1 atom stereocenters. The van der Waals surface area contributed by atoms with Gasteiger partial charge in [-0.1, -0.05) is 19.1 Å². The van der Waals surface area contributed by atoms with Gasteiger partial charge in [-0.15, -0.1) is 0 Å². The molecule has 4 heteroatoms. The van der Waals surface area contributed by atoms with Gasteiger partial charge in [0.1, 0.15) is 0 Å². The Hall–Kier alpha value is -1.39. The zero-order chi connectivity index (χ0) is 15.0. The van der Waals surface area contributed by atoms with Crippen molar-refractivity contribution in [3.63, 3.8) is 0 Å². The average molecular weight is 288 g/mol. The Labute approximate surface area is 126 Å². The number of hydrogen-bond acceptors (Lipinski definition) is 3. The highest BCUT2D eigenvalue weighted by Crippen LogP contribution is 2.39. The maximum atomic E-state index is 12.5. The predicted molar refractivity (Wildman–Crippen MR) is 82.3 cm³/mol. The maximum Gasteiger partial charge on any atom is 0.253 e. The minimum atomic E-state index is 0.104. The molecule has 2 heterocycles. The van der Waals surface area contributed by atoms with Crippen molar-refractivity contribution in [3.8, 4) is 0 Å². The molecule has 0 aliphatic carbocycles. The fourth-order valence-electron chi connectivity index (χ4n) is 3.70. The summed E-state index contributed by atoms with van der Waals surface area (Å²) in [6.45, 7) is 4.87. The van der Waals surface area contributed by atoms with E-state index in [9.17, 15) is 9.90 Å². The van der Waals surface area contributed by atoms with Gasteiger partial charge in [0.15, 0.2) is 0 Å². The topological polar surface area (TPSA) is 43.8 Å². The average Bonchev–Trinajstić information content (AvgIpc) is 2.82. The maximum absolute atomic E-state index is 12.5. The van der Waals surface area contributed by atoms with Gasteiger partial charge >= 0.3 is 0 Å². The minimum absolute atomic E-state index is 0.104. The van der Waals surface area contributed by atoms with Gasteiger partial charge in [-0.05, 0) is 43.5 Å². The number of rotatable bonds is 3. The van der Waals surface area contributed by atoms with Crippen molar-refractivity contribution in [1.82, 2.24) is 9.80 Å². The van der Waals surface area contributed by atoms with Gasteiger partial charge in [0.2, 0.25) is 0 Å². The zero-order valence-electron chi connectivity index (χ0n) is 12.9. The van der Waals surface area contributed by atoms with E-state index in [-0.39, 0.29) is 18.1 Å². The van der Waals surface area contributed by atoms with Crippen molar-refractivity contribution in [3.05, 3.63) is 35.4 Å². The number of nitrogens with zero attached hydrogens (tertiary/aromatic N) is 2. The Morgan fingerprint density at radius 3 is 2.52 bits per heavy atom. The highest BCUT2D eigenvalue weighted by Gasteiger charge is 2.52. The van der Waals surface area contributed by atoms with Gasteiger partial charge in [0.05, 0.1) is 5.54 Å². The fraction of sp³-hybridized carbons (Fsp3) is 0.588. The van der Waals surface area contributed by atoms with Crippen LogP contribution < -0.4 is 0 Å². The molecule has 0 radical (unpaired) electrons. The molecule has 0 aromatic heterocycles. The highest BCUT2D eigenvalue weighted by molar-refractivity contribution is 5.95. The quantitative estimate of drug-likeness (QED) is 0.914. The summed E-state index contributed by atoms with van der Waals surface area (Å²) in [5, 5.41) is 9.33. The zero-order valence-corrected chi connectivity index (χ0v) is 12.9. The molecule has 1 unspecified atom stereocenters. The summed E-state index contributed by atoms with van der Waals surface area (Å²) in [4.78, 5) is 16.7. The number of hydrogen-bond donors (Lipinski definition) is 1. The second-order valence-corrected chi connectivity index (χ2v) is 6.57. The van der Waals surface area contributed by atoms with Crippen LogP contribution in [0.4, 0.5) is 0 Å². The standard InChI is InChI=1S/C17H24N2O2/c1-3-13-4-6-15(7-5-13)16(21)19-11-17(12-19)8-14(10-20)9-18(17)2/h4-7,14,20H,3,8-12H2,1-2H3. The van der Waals surface area contributed by atoms with E-state index in [1.165, 1.54) is 5.56 Å². The van der Waals surface area contributed by atoms with Gasteiger partial charge in [-0.2, -0.15) is 0 Å². The summed E-state index contributed by atoms with van der Waals surface area (Å²) in [6.07, 6.45) is 1.99. The van der Waals surface area contributed by atoms with E-state index in [2.05, 4.69) is 18.9 Å². The molecule has 1 aromatic rings. The van der Waals surface area contributed by atoms with Crippen molar-refractivity contribution in [2.75, 3.05) is 33.3 Å². The number of aliphatic hydroxyl groups excluding tert-OH is 1. The van der Waals surface area contributed by atoms with E-state index in [0.29, 0.717) is 5.92 Å². The fourth-order valence-corrected chi connectivity index (χ4v) is 3.70. The van der Waals surface area contributed by atoms with E-state index in [0.717, 1.165) is 38.0 Å². The Bertz CT molecular complexity index is 520. The van der Waals surface area contributed by atoms with Gasteiger partial charge in [-0.3, -0.25) is 9.69 Å². The van der Waals surface area contributed by atoms with E-state index >= 15 is 0 Å².